The Balaban J connectivity index is 2.25. The highest BCUT2D eigenvalue weighted by Gasteiger charge is 2.16. The lowest BCUT2D eigenvalue weighted by molar-refractivity contribution is 0.961. The lowest BCUT2D eigenvalue weighted by atomic mass is 10.0. The van der Waals surface area contributed by atoms with Crippen LogP contribution in [0.4, 0.5) is 0 Å². The van der Waals surface area contributed by atoms with Gasteiger partial charge in [0, 0.05) is 11.3 Å². The minimum atomic E-state index is 0.666. The van der Waals surface area contributed by atoms with Crippen molar-refractivity contribution in [2.24, 2.45) is 0 Å². The zero-order valence-electron chi connectivity index (χ0n) is 12.0. The standard InChI is InChI=1S/C17H16BrN3/c1-12-8-9-13(2)15(10-12)17-20-19-16(11-18)21(17)14-6-4-3-5-7-14/h3-10H,11H2,1-2H3. The molecule has 3 rings (SSSR count). The molecule has 0 amide bonds. The molecular formula is C17H16BrN3. The van der Waals surface area contributed by atoms with E-state index in [1.165, 1.54) is 11.1 Å². The fourth-order valence-corrected chi connectivity index (χ4v) is 2.77. The molecule has 106 valence electrons. The Bertz CT molecular complexity index is 763. The maximum atomic E-state index is 4.42. The maximum absolute atomic E-state index is 4.42. The molecule has 0 atom stereocenters. The second-order valence-electron chi connectivity index (χ2n) is 5.06. The van der Waals surface area contributed by atoms with Gasteiger partial charge in [-0.2, -0.15) is 0 Å². The molecule has 0 saturated heterocycles. The van der Waals surface area contributed by atoms with Crippen LogP contribution in [0.3, 0.4) is 0 Å². The number of para-hydroxylation sites is 1. The highest BCUT2D eigenvalue weighted by Crippen LogP contribution is 2.27. The first-order chi connectivity index (χ1) is 10.2. The number of halogens is 1. The van der Waals surface area contributed by atoms with Crippen molar-refractivity contribution in [3.8, 4) is 17.1 Å². The largest absolute Gasteiger partial charge is 0.278 e. The Kier molecular flexibility index (Phi) is 3.88. The molecule has 4 heteroatoms. The normalized spacial score (nSPS) is 10.8. The molecule has 2 aromatic carbocycles. The minimum Gasteiger partial charge on any atom is -0.278 e. The summed E-state index contributed by atoms with van der Waals surface area (Å²) in [4.78, 5) is 0. The first-order valence-electron chi connectivity index (χ1n) is 6.84. The number of aryl methyl sites for hydroxylation is 2. The fraction of sp³-hybridized carbons (Fsp3) is 0.176. The van der Waals surface area contributed by atoms with Gasteiger partial charge in [0.15, 0.2) is 5.82 Å². The number of hydrogen-bond donors (Lipinski definition) is 0. The molecule has 3 aromatic rings. The van der Waals surface area contributed by atoms with Gasteiger partial charge in [-0.3, -0.25) is 4.57 Å². The number of alkyl halides is 1. The van der Waals surface area contributed by atoms with Crippen molar-refractivity contribution in [3.05, 3.63) is 65.5 Å². The van der Waals surface area contributed by atoms with E-state index >= 15 is 0 Å². The summed E-state index contributed by atoms with van der Waals surface area (Å²) in [5.41, 5.74) is 4.62. The van der Waals surface area contributed by atoms with E-state index in [9.17, 15) is 0 Å². The van der Waals surface area contributed by atoms with Crippen LogP contribution in [0.5, 0.6) is 0 Å². The molecule has 0 spiro atoms. The number of hydrogen-bond acceptors (Lipinski definition) is 2. The predicted molar refractivity (Wildman–Crippen MR) is 88.9 cm³/mol. The zero-order chi connectivity index (χ0) is 14.8. The maximum Gasteiger partial charge on any atom is 0.168 e. The summed E-state index contributed by atoms with van der Waals surface area (Å²) in [6.07, 6.45) is 0. The number of aromatic nitrogens is 3. The Labute approximate surface area is 132 Å². The van der Waals surface area contributed by atoms with E-state index in [-0.39, 0.29) is 0 Å². The number of nitrogens with zero attached hydrogens (tertiary/aromatic N) is 3. The SMILES string of the molecule is Cc1ccc(C)c(-c2nnc(CBr)n2-c2ccccc2)c1. The highest BCUT2D eigenvalue weighted by molar-refractivity contribution is 9.08. The van der Waals surface area contributed by atoms with E-state index in [0.717, 1.165) is 22.9 Å². The summed E-state index contributed by atoms with van der Waals surface area (Å²) in [6, 6.07) is 16.6. The van der Waals surface area contributed by atoms with Gasteiger partial charge in [-0.15, -0.1) is 10.2 Å². The molecule has 1 aromatic heterocycles. The fourth-order valence-electron chi connectivity index (χ4n) is 2.40. The van der Waals surface area contributed by atoms with Crippen molar-refractivity contribution in [1.82, 2.24) is 14.8 Å². The van der Waals surface area contributed by atoms with Crippen LogP contribution in [0.2, 0.25) is 0 Å². The summed E-state index contributed by atoms with van der Waals surface area (Å²) in [6.45, 7) is 4.20. The second kappa shape index (κ2) is 5.82. The monoisotopic (exact) mass is 341 g/mol. The topological polar surface area (TPSA) is 30.7 Å². The minimum absolute atomic E-state index is 0.666. The smallest absolute Gasteiger partial charge is 0.168 e. The summed E-state index contributed by atoms with van der Waals surface area (Å²) in [5, 5.41) is 9.41. The molecule has 0 saturated carbocycles. The molecule has 0 aliphatic carbocycles. The summed E-state index contributed by atoms with van der Waals surface area (Å²) >= 11 is 3.50. The molecule has 0 radical (unpaired) electrons. The van der Waals surface area contributed by atoms with Crippen LogP contribution in [0.1, 0.15) is 17.0 Å². The van der Waals surface area contributed by atoms with Crippen LogP contribution in [0, 0.1) is 13.8 Å². The summed E-state index contributed by atoms with van der Waals surface area (Å²) in [5.74, 6) is 1.79. The van der Waals surface area contributed by atoms with Gasteiger partial charge in [0.25, 0.3) is 0 Å². The van der Waals surface area contributed by atoms with Crippen molar-refractivity contribution in [1.29, 1.82) is 0 Å². The Morgan fingerprint density at radius 1 is 1.00 bits per heavy atom. The van der Waals surface area contributed by atoms with Crippen LogP contribution in [0.15, 0.2) is 48.5 Å². The highest BCUT2D eigenvalue weighted by atomic mass is 79.9. The van der Waals surface area contributed by atoms with Gasteiger partial charge >= 0.3 is 0 Å². The Morgan fingerprint density at radius 3 is 2.48 bits per heavy atom. The molecule has 0 aliphatic heterocycles. The van der Waals surface area contributed by atoms with E-state index in [1.54, 1.807) is 0 Å². The van der Waals surface area contributed by atoms with Crippen molar-refractivity contribution < 1.29 is 0 Å². The Hall–Kier alpha value is -1.94. The molecule has 0 fully saturated rings. The average Bonchev–Trinajstić information content (AvgIpc) is 2.94. The first-order valence-corrected chi connectivity index (χ1v) is 7.96. The summed E-state index contributed by atoms with van der Waals surface area (Å²) < 4.78 is 2.11. The molecule has 21 heavy (non-hydrogen) atoms. The third kappa shape index (κ3) is 2.63. The van der Waals surface area contributed by atoms with E-state index in [4.69, 9.17) is 0 Å². The van der Waals surface area contributed by atoms with Crippen LogP contribution in [-0.4, -0.2) is 14.8 Å². The van der Waals surface area contributed by atoms with E-state index in [1.807, 2.05) is 18.2 Å². The lowest BCUT2D eigenvalue weighted by Crippen LogP contribution is -2.02. The molecule has 1 heterocycles. The first kappa shape index (κ1) is 14.0. The molecule has 0 aliphatic rings. The van der Waals surface area contributed by atoms with Crippen LogP contribution < -0.4 is 0 Å². The third-order valence-electron chi connectivity index (χ3n) is 3.50. The van der Waals surface area contributed by atoms with Gasteiger partial charge in [0.2, 0.25) is 0 Å². The molecule has 0 N–H and O–H groups in total. The zero-order valence-corrected chi connectivity index (χ0v) is 13.6. The predicted octanol–water partition coefficient (Wildman–Crippen LogP) is 4.45. The van der Waals surface area contributed by atoms with Gasteiger partial charge in [-0.25, -0.2) is 0 Å². The number of benzene rings is 2. The van der Waals surface area contributed by atoms with Crippen molar-refractivity contribution in [3.63, 3.8) is 0 Å². The molecule has 0 unspecified atom stereocenters. The summed E-state index contributed by atoms with van der Waals surface area (Å²) in [7, 11) is 0. The molecule has 0 bridgehead atoms. The van der Waals surface area contributed by atoms with Crippen LogP contribution >= 0.6 is 15.9 Å². The van der Waals surface area contributed by atoms with Gasteiger partial charge < -0.3 is 0 Å². The Morgan fingerprint density at radius 2 is 1.76 bits per heavy atom. The van der Waals surface area contributed by atoms with Crippen molar-refractivity contribution in [2.75, 3.05) is 0 Å². The van der Waals surface area contributed by atoms with Gasteiger partial charge in [0.05, 0.1) is 5.33 Å². The van der Waals surface area contributed by atoms with Gasteiger partial charge in [-0.05, 0) is 37.6 Å². The molecular weight excluding hydrogens is 326 g/mol. The average molecular weight is 342 g/mol. The quantitative estimate of drug-likeness (QED) is 0.659. The lowest BCUT2D eigenvalue weighted by Gasteiger charge is -2.11. The van der Waals surface area contributed by atoms with Gasteiger partial charge in [0.1, 0.15) is 5.82 Å². The second-order valence-corrected chi connectivity index (χ2v) is 5.62. The van der Waals surface area contributed by atoms with Crippen LogP contribution in [-0.2, 0) is 5.33 Å². The number of rotatable bonds is 3. The van der Waals surface area contributed by atoms with E-state index in [2.05, 4.69) is 74.9 Å². The van der Waals surface area contributed by atoms with Crippen LogP contribution in [0.25, 0.3) is 17.1 Å². The van der Waals surface area contributed by atoms with E-state index < -0.39 is 0 Å². The van der Waals surface area contributed by atoms with Crippen molar-refractivity contribution >= 4 is 15.9 Å². The van der Waals surface area contributed by atoms with E-state index in [0.29, 0.717) is 5.33 Å². The third-order valence-corrected chi connectivity index (χ3v) is 4.00. The van der Waals surface area contributed by atoms with Gasteiger partial charge in [-0.1, -0.05) is 51.8 Å². The molecule has 3 nitrogen and oxygen atoms in total. The van der Waals surface area contributed by atoms with Crippen molar-refractivity contribution in [2.45, 2.75) is 19.2 Å².